The van der Waals surface area contributed by atoms with Crippen LogP contribution in [0.15, 0.2) is 18.3 Å². The zero-order valence-corrected chi connectivity index (χ0v) is 10.5. The fraction of sp³-hybridized carbons (Fsp3) is 0.538. The number of hydrogen-bond acceptors (Lipinski definition) is 3. The summed E-state index contributed by atoms with van der Waals surface area (Å²) in [6.45, 7) is 0. The van der Waals surface area contributed by atoms with Gasteiger partial charge in [0, 0.05) is 12.2 Å². The van der Waals surface area contributed by atoms with E-state index >= 15 is 0 Å². The molecule has 3 nitrogen and oxygen atoms in total. The lowest BCUT2D eigenvalue weighted by molar-refractivity contribution is 0.439. The van der Waals surface area contributed by atoms with Gasteiger partial charge in [0.15, 0.2) is 0 Å². The molecular weight excluding hydrogens is 230 g/mol. The summed E-state index contributed by atoms with van der Waals surface area (Å²) < 4.78 is 0. The smallest absolute Gasteiger partial charge is 0.124 e. The van der Waals surface area contributed by atoms with E-state index in [1.807, 2.05) is 12.1 Å². The van der Waals surface area contributed by atoms with Gasteiger partial charge in [-0.15, -0.1) is 0 Å². The molecule has 17 heavy (non-hydrogen) atoms. The van der Waals surface area contributed by atoms with Crippen LogP contribution in [0.25, 0.3) is 0 Å². The molecule has 1 heterocycles. The lowest BCUT2D eigenvalue weighted by Crippen LogP contribution is -2.27. The third kappa shape index (κ3) is 2.02. The van der Waals surface area contributed by atoms with Gasteiger partial charge in [-0.1, -0.05) is 18.6 Å². The second-order valence-electron chi connectivity index (χ2n) is 5.19. The Labute approximate surface area is 107 Å². The van der Waals surface area contributed by atoms with Crippen molar-refractivity contribution in [3.8, 4) is 0 Å². The molecule has 1 aromatic rings. The van der Waals surface area contributed by atoms with Crippen LogP contribution < -0.4 is 11.1 Å². The molecule has 2 aliphatic rings. The molecule has 4 heteroatoms. The largest absolute Gasteiger partial charge is 0.388 e. The molecule has 2 bridgehead atoms. The quantitative estimate of drug-likeness (QED) is 0.805. The number of nitrogens with two attached hydrogens (primary N) is 1. The average Bonchev–Trinajstić information content (AvgIpc) is 2.91. The molecule has 90 valence electrons. The van der Waals surface area contributed by atoms with Gasteiger partial charge in [0.25, 0.3) is 0 Å². The SMILES string of the molecule is NC(=S)c1ncccc1NC1CC2CCC1C2. The first kappa shape index (κ1) is 11.0. The van der Waals surface area contributed by atoms with E-state index in [0.29, 0.717) is 11.0 Å². The number of aromatic nitrogens is 1. The van der Waals surface area contributed by atoms with Gasteiger partial charge >= 0.3 is 0 Å². The highest BCUT2D eigenvalue weighted by Gasteiger charge is 2.39. The lowest BCUT2D eigenvalue weighted by Gasteiger charge is -2.24. The van der Waals surface area contributed by atoms with Gasteiger partial charge in [0.2, 0.25) is 0 Å². The summed E-state index contributed by atoms with van der Waals surface area (Å²) in [6, 6.07) is 4.54. The Morgan fingerprint density at radius 1 is 1.41 bits per heavy atom. The molecule has 0 radical (unpaired) electrons. The minimum absolute atomic E-state index is 0.372. The van der Waals surface area contributed by atoms with E-state index in [4.69, 9.17) is 18.0 Å². The molecule has 2 fully saturated rings. The molecule has 2 saturated carbocycles. The highest BCUT2D eigenvalue weighted by Crippen LogP contribution is 2.45. The molecule has 3 rings (SSSR count). The summed E-state index contributed by atoms with van der Waals surface area (Å²) in [5, 5.41) is 3.59. The predicted molar refractivity (Wildman–Crippen MR) is 73.0 cm³/mol. The normalized spacial score (nSPS) is 30.5. The topological polar surface area (TPSA) is 50.9 Å². The third-order valence-corrected chi connectivity index (χ3v) is 4.31. The van der Waals surface area contributed by atoms with Crippen molar-refractivity contribution in [1.82, 2.24) is 4.98 Å². The molecule has 3 unspecified atom stereocenters. The van der Waals surface area contributed by atoms with Crippen LogP contribution in [0.1, 0.15) is 31.4 Å². The first-order valence-corrected chi connectivity index (χ1v) is 6.66. The fourth-order valence-electron chi connectivity index (χ4n) is 3.34. The van der Waals surface area contributed by atoms with E-state index in [0.717, 1.165) is 23.2 Å². The van der Waals surface area contributed by atoms with Crippen LogP contribution in [-0.2, 0) is 0 Å². The van der Waals surface area contributed by atoms with Crippen molar-refractivity contribution in [2.75, 3.05) is 5.32 Å². The highest BCUT2D eigenvalue weighted by atomic mass is 32.1. The number of hydrogen-bond donors (Lipinski definition) is 2. The second-order valence-corrected chi connectivity index (χ2v) is 5.63. The van der Waals surface area contributed by atoms with Gasteiger partial charge in [-0.3, -0.25) is 4.98 Å². The first-order chi connectivity index (χ1) is 8.24. The van der Waals surface area contributed by atoms with Gasteiger partial charge in [0.05, 0.1) is 5.69 Å². The van der Waals surface area contributed by atoms with Crippen molar-refractivity contribution >= 4 is 22.9 Å². The van der Waals surface area contributed by atoms with Gasteiger partial charge in [0.1, 0.15) is 10.7 Å². The molecule has 0 saturated heterocycles. The molecule has 0 spiro atoms. The molecular formula is C13H17N3S. The zero-order chi connectivity index (χ0) is 11.8. The van der Waals surface area contributed by atoms with Crippen LogP contribution in [0.5, 0.6) is 0 Å². The van der Waals surface area contributed by atoms with Gasteiger partial charge < -0.3 is 11.1 Å². The van der Waals surface area contributed by atoms with Crippen LogP contribution in [0, 0.1) is 11.8 Å². The number of rotatable bonds is 3. The van der Waals surface area contributed by atoms with Crippen molar-refractivity contribution in [3.05, 3.63) is 24.0 Å². The Balaban J connectivity index is 1.79. The highest BCUT2D eigenvalue weighted by molar-refractivity contribution is 7.80. The lowest BCUT2D eigenvalue weighted by atomic mass is 9.95. The zero-order valence-electron chi connectivity index (χ0n) is 9.73. The number of thiocarbonyl (C=S) groups is 1. The Hall–Kier alpha value is -1.16. The number of anilines is 1. The van der Waals surface area contributed by atoms with Crippen molar-refractivity contribution < 1.29 is 0 Å². The maximum Gasteiger partial charge on any atom is 0.124 e. The molecule has 0 aliphatic heterocycles. The first-order valence-electron chi connectivity index (χ1n) is 6.25. The van der Waals surface area contributed by atoms with Crippen LogP contribution in [0.4, 0.5) is 5.69 Å². The summed E-state index contributed by atoms with van der Waals surface area (Å²) >= 11 is 5.03. The van der Waals surface area contributed by atoms with Crippen LogP contribution >= 0.6 is 12.2 Å². The van der Waals surface area contributed by atoms with E-state index in [2.05, 4.69) is 10.3 Å². The summed E-state index contributed by atoms with van der Waals surface area (Å²) in [7, 11) is 0. The van der Waals surface area contributed by atoms with E-state index in [1.165, 1.54) is 25.7 Å². The van der Waals surface area contributed by atoms with E-state index in [1.54, 1.807) is 6.20 Å². The predicted octanol–water partition coefficient (Wildman–Crippen LogP) is 2.32. The van der Waals surface area contributed by atoms with Crippen molar-refractivity contribution in [2.45, 2.75) is 31.7 Å². The second kappa shape index (κ2) is 4.26. The molecule has 1 aromatic heterocycles. The van der Waals surface area contributed by atoms with Gasteiger partial charge in [-0.05, 0) is 43.2 Å². The monoisotopic (exact) mass is 247 g/mol. The Kier molecular flexibility index (Phi) is 2.74. The Morgan fingerprint density at radius 2 is 2.29 bits per heavy atom. The van der Waals surface area contributed by atoms with E-state index in [-0.39, 0.29) is 0 Å². The maximum atomic E-state index is 5.69. The van der Waals surface area contributed by atoms with Crippen molar-refractivity contribution in [3.63, 3.8) is 0 Å². The minimum atomic E-state index is 0.372. The number of pyridine rings is 1. The fourth-order valence-corrected chi connectivity index (χ4v) is 3.50. The van der Waals surface area contributed by atoms with Crippen molar-refractivity contribution in [2.24, 2.45) is 17.6 Å². The average molecular weight is 247 g/mol. The summed E-state index contributed by atoms with van der Waals surface area (Å²) in [5.41, 5.74) is 7.42. The van der Waals surface area contributed by atoms with Gasteiger partial charge in [-0.2, -0.15) is 0 Å². The molecule has 3 N–H and O–H groups in total. The molecule has 2 aliphatic carbocycles. The minimum Gasteiger partial charge on any atom is -0.388 e. The summed E-state index contributed by atoms with van der Waals surface area (Å²) in [4.78, 5) is 4.63. The van der Waals surface area contributed by atoms with Crippen LogP contribution in [-0.4, -0.2) is 16.0 Å². The summed E-state index contributed by atoms with van der Waals surface area (Å²) in [5.74, 6) is 1.77. The Morgan fingerprint density at radius 3 is 2.94 bits per heavy atom. The van der Waals surface area contributed by atoms with E-state index in [9.17, 15) is 0 Å². The number of nitrogens with one attached hydrogen (secondary N) is 1. The third-order valence-electron chi connectivity index (χ3n) is 4.12. The standard InChI is InChI=1S/C13H17N3S/c14-13(17)12-10(2-1-5-15-12)16-11-7-8-3-4-9(11)6-8/h1-2,5,8-9,11,16H,3-4,6-7H2,(H2,14,17). The van der Waals surface area contributed by atoms with Crippen LogP contribution in [0.2, 0.25) is 0 Å². The van der Waals surface area contributed by atoms with Crippen molar-refractivity contribution in [1.29, 1.82) is 0 Å². The molecule has 0 aromatic carbocycles. The van der Waals surface area contributed by atoms with Gasteiger partial charge in [-0.25, -0.2) is 0 Å². The number of fused-ring (bicyclic) bond motifs is 2. The Bertz CT molecular complexity index is 446. The molecule has 0 amide bonds. The number of nitrogens with zero attached hydrogens (tertiary/aromatic N) is 1. The van der Waals surface area contributed by atoms with Crippen LogP contribution in [0.3, 0.4) is 0 Å². The maximum absolute atomic E-state index is 5.69. The molecule has 3 atom stereocenters. The van der Waals surface area contributed by atoms with E-state index < -0.39 is 0 Å². The summed E-state index contributed by atoms with van der Waals surface area (Å²) in [6.07, 6.45) is 7.19.